The minimum atomic E-state index is 0.132. The van der Waals surface area contributed by atoms with E-state index in [0.717, 1.165) is 31.7 Å². The first-order chi connectivity index (χ1) is 9.16. The number of aromatic nitrogens is 1. The molecule has 2 heterocycles. The van der Waals surface area contributed by atoms with Crippen molar-refractivity contribution in [2.75, 3.05) is 38.6 Å². The molecule has 1 fully saturated rings. The Morgan fingerprint density at radius 1 is 1.42 bits per heavy atom. The van der Waals surface area contributed by atoms with Crippen LogP contribution in [0.2, 0.25) is 0 Å². The van der Waals surface area contributed by atoms with Crippen LogP contribution in [0.1, 0.15) is 12.8 Å². The van der Waals surface area contributed by atoms with Gasteiger partial charge in [-0.3, -0.25) is 4.79 Å². The predicted octanol–water partition coefficient (Wildman–Crippen LogP) is 0.728. The molecule has 1 aliphatic heterocycles. The average molecular weight is 262 g/mol. The number of hydrogen-bond acceptors (Lipinski definition) is 4. The molecule has 0 aliphatic carbocycles. The van der Waals surface area contributed by atoms with Crippen molar-refractivity contribution in [3.8, 4) is 0 Å². The monoisotopic (exact) mass is 262 g/mol. The average Bonchev–Trinajstić information content (AvgIpc) is 2.46. The number of nitrogens with one attached hydrogen (secondary N) is 1. The molecule has 1 amide bonds. The number of anilines is 1. The van der Waals surface area contributed by atoms with Gasteiger partial charge in [0.2, 0.25) is 5.91 Å². The number of nitrogens with zero attached hydrogens (tertiary/aromatic N) is 3. The summed E-state index contributed by atoms with van der Waals surface area (Å²) in [5.74, 6) is 1.18. The third kappa shape index (κ3) is 3.92. The van der Waals surface area contributed by atoms with Crippen molar-refractivity contribution < 1.29 is 4.79 Å². The van der Waals surface area contributed by atoms with Gasteiger partial charge in [-0.05, 0) is 25.0 Å². The van der Waals surface area contributed by atoms with E-state index in [4.69, 9.17) is 0 Å². The second-order valence-electron chi connectivity index (χ2n) is 5.12. The van der Waals surface area contributed by atoms with Gasteiger partial charge in [-0.1, -0.05) is 6.07 Å². The van der Waals surface area contributed by atoms with Gasteiger partial charge < -0.3 is 15.1 Å². The molecular weight excluding hydrogens is 240 g/mol. The first-order valence-corrected chi connectivity index (χ1v) is 6.76. The van der Waals surface area contributed by atoms with Crippen molar-refractivity contribution in [3.63, 3.8) is 0 Å². The summed E-state index contributed by atoms with van der Waals surface area (Å²) < 4.78 is 0. The fraction of sp³-hybridized carbons (Fsp3) is 0.571. The van der Waals surface area contributed by atoms with Crippen LogP contribution in [0, 0.1) is 0 Å². The number of piperidine rings is 1. The number of pyridine rings is 1. The van der Waals surface area contributed by atoms with Gasteiger partial charge in [-0.2, -0.15) is 0 Å². The molecule has 1 aliphatic rings. The maximum absolute atomic E-state index is 11.5. The van der Waals surface area contributed by atoms with Gasteiger partial charge in [0.1, 0.15) is 5.82 Å². The standard InChI is InChI=1S/C14H22N4O/c1-17(2)14(19)11-16-12-6-9-18(10-7-12)13-5-3-4-8-15-13/h3-5,8,12,16H,6-7,9-11H2,1-2H3. The SMILES string of the molecule is CN(C)C(=O)CNC1CCN(c2ccccn2)CC1. The van der Waals surface area contributed by atoms with Crippen LogP contribution >= 0.6 is 0 Å². The van der Waals surface area contributed by atoms with Gasteiger partial charge in [0.05, 0.1) is 6.54 Å². The van der Waals surface area contributed by atoms with Crippen LogP contribution < -0.4 is 10.2 Å². The fourth-order valence-electron chi connectivity index (χ4n) is 2.24. The Hall–Kier alpha value is -1.62. The zero-order chi connectivity index (χ0) is 13.7. The van der Waals surface area contributed by atoms with Crippen molar-refractivity contribution in [1.29, 1.82) is 0 Å². The summed E-state index contributed by atoms with van der Waals surface area (Å²) in [7, 11) is 3.57. The van der Waals surface area contributed by atoms with E-state index in [0.29, 0.717) is 12.6 Å². The van der Waals surface area contributed by atoms with Gasteiger partial charge in [0.15, 0.2) is 0 Å². The molecular formula is C14H22N4O. The summed E-state index contributed by atoms with van der Waals surface area (Å²) in [6.07, 6.45) is 3.93. The molecule has 5 nitrogen and oxygen atoms in total. The Kier molecular flexibility index (Phi) is 4.74. The molecule has 1 aromatic rings. The Bertz CT molecular complexity index is 399. The summed E-state index contributed by atoms with van der Waals surface area (Å²) in [6.45, 7) is 2.41. The van der Waals surface area contributed by atoms with Crippen molar-refractivity contribution in [1.82, 2.24) is 15.2 Å². The van der Waals surface area contributed by atoms with Crippen molar-refractivity contribution >= 4 is 11.7 Å². The maximum Gasteiger partial charge on any atom is 0.236 e. The topological polar surface area (TPSA) is 48.5 Å². The van der Waals surface area contributed by atoms with E-state index in [1.165, 1.54) is 0 Å². The molecule has 0 aromatic carbocycles. The molecule has 19 heavy (non-hydrogen) atoms. The lowest BCUT2D eigenvalue weighted by Gasteiger charge is -2.33. The highest BCUT2D eigenvalue weighted by atomic mass is 16.2. The molecule has 0 atom stereocenters. The number of likely N-dealkylation sites (N-methyl/N-ethyl adjacent to an activating group) is 1. The highest BCUT2D eigenvalue weighted by Crippen LogP contribution is 2.16. The van der Waals surface area contributed by atoms with Crippen LogP contribution in [-0.4, -0.2) is 55.6 Å². The van der Waals surface area contributed by atoms with E-state index < -0.39 is 0 Å². The molecule has 5 heteroatoms. The predicted molar refractivity (Wildman–Crippen MR) is 76.2 cm³/mol. The van der Waals surface area contributed by atoms with Crippen molar-refractivity contribution in [3.05, 3.63) is 24.4 Å². The molecule has 104 valence electrons. The summed E-state index contributed by atoms with van der Waals surface area (Å²) in [5.41, 5.74) is 0. The first kappa shape index (κ1) is 13.8. The Labute approximate surface area is 114 Å². The van der Waals surface area contributed by atoms with E-state index in [1.807, 2.05) is 24.4 Å². The quantitative estimate of drug-likeness (QED) is 0.869. The molecule has 1 N–H and O–H groups in total. The first-order valence-electron chi connectivity index (χ1n) is 6.76. The second-order valence-corrected chi connectivity index (χ2v) is 5.12. The molecule has 1 aromatic heterocycles. The highest BCUT2D eigenvalue weighted by Gasteiger charge is 2.20. The number of carbonyl (C=O) groups is 1. The number of hydrogen-bond donors (Lipinski definition) is 1. The molecule has 2 rings (SSSR count). The third-order valence-corrected chi connectivity index (χ3v) is 3.51. The summed E-state index contributed by atoms with van der Waals surface area (Å²) in [5, 5.41) is 3.34. The van der Waals surface area contributed by atoms with E-state index >= 15 is 0 Å². The highest BCUT2D eigenvalue weighted by molar-refractivity contribution is 5.77. The van der Waals surface area contributed by atoms with Gasteiger partial charge >= 0.3 is 0 Å². The molecule has 0 unspecified atom stereocenters. The van der Waals surface area contributed by atoms with E-state index in [1.54, 1.807) is 19.0 Å². The lowest BCUT2D eigenvalue weighted by atomic mass is 10.1. The maximum atomic E-state index is 11.5. The second kappa shape index (κ2) is 6.52. The molecule has 0 bridgehead atoms. The normalized spacial score (nSPS) is 16.4. The van der Waals surface area contributed by atoms with Crippen LogP contribution in [0.25, 0.3) is 0 Å². The summed E-state index contributed by atoms with van der Waals surface area (Å²) >= 11 is 0. The lowest BCUT2D eigenvalue weighted by molar-refractivity contribution is -0.127. The van der Waals surface area contributed by atoms with Crippen molar-refractivity contribution in [2.24, 2.45) is 0 Å². The van der Waals surface area contributed by atoms with Gasteiger partial charge in [-0.25, -0.2) is 4.98 Å². The Balaban J connectivity index is 1.75. The molecule has 0 saturated carbocycles. The van der Waals surface area contributed by atoms with Crippen LogP contribution in [0.5, 0.6) is 0 Å². The number of carbonyl (C=O) groups excluding carboxylic acids is 1. The molecule has 1 saturated heterocycles. The van der Waals surface area contributed by atoms with Gasteiger partial charge in [0, 0.05) is 39.4 Å². The van der Waals surface area contributed by atoms with Crippen LogP contribution in [0.15, 0.2) is 24.4 Å². The minimum Gasteiger partial charge on any atom is -0.357 e. The summed E-state index contributed by atoms with van der Waals surface area (Å²) in [4.78, 5) is 19.8. The lowest BCUT2D eigenvalue weighted by Crippen LogP contribution is -2.45. The van der Waals surface area contributed by atoms with Gasteiger partial charge in [-0.15, -0.1) is 0 Å². The van der Waals surface area contributed by atoms with Crippen LogP contribution in [0.3, 0.4) is 0 Å². The Morgan fingerprint density at radius 2 is 2.16 bits per heavy atom. The third-order valence-electron chi connectivity index (χ3n) is 3.51. The smallest absolute Gasteiger partial charge is 0.236 e. The van der Waals surface area contributed by atoms with E-state index in [9.17, 15) is 4.79 Å². The zero-order valence-electron chi connectivity index (χ0n) is 11.7. The summed E-state index contributed by atoms with van der Waals surface area (Å²) in [6, 6.07) is 6.43. The van der Waals surface area contributed by atoms with E-state index in [-0.39, 0.29) is 5.91 Å². The molecule has 0 spiro atoms. The fourth-order valence-corrected chi connectivity index (χ4v) is 2.24. The minimum absolute atomic E-state index is 0.132. The van der Waals surface area contributed by atoms with Crippen LogP contribution in [0.4, 0.5) is 5.82 Å². The van der Waals surface area contributed by atoms with E-state index in [2.05, 4.69) is 15.2 Å². The number of amides is 1. The van der Waals surface area contributed by atoms with Crippen LogP contribution in [-0.2, 0) is 4.79 Å². The Morgan fingerprint density at radius 3 is 2.74 bits per heavy atom. The molecule has 0 radical (unpaired) electrons. The van der Waals surface area contributed by atoms with Gasteiger partial charge in [0.25, 0.3) is 0 Å². The number of rotatable bonds is 4. The largest absolute Gasteiger partial charge is 0.357 e. The van der Waals surface area contributed by atoms with Crippen molar-refractivity contribution in [2.45, 2.75) is 18.9 Å². The zero-order valence-corrected chi connectivity index (χ0v) is 11.7.